The molecule has 1 N–H and O–H groups in total. The lowest BCUT2D eigenvalue weighted by Crippen LogP contribution is -2.33. The Morgan fingerprint density at radius 2 is 1.42 bits per heavy atom. The first-order valence-electron chi connectivity index (χ1n) is 10.3. The molecule has 2 heteroatoms. The number of nitrogens with zero attached hydrogens (tertiary/aromatic N) is 1. The minimum Gasteiger partial charge on any atom is -0.372 e. The summed E-state index contributed by atoms with van der Waals surface area (Å²) in [7, 11) is 0. The molecule has 2 saturated heterocycles. The monoisotopic (exact) mass is 330 g/mol. The molecule has 1 aromatic carbocycles. The van der Waals surface area contributed by atoms with Crippen LogP contribution in [0.4, 0.5) is 5.69 Å². The van der Waals surface area contributed by atoms with Crippen molar-refractivity contribution < 1.29 is 0 Å². The summed E-state index contributed by atoms with van der Waals surface area (Å²) < 4.78 is 0. The lowest BCUT2D eigenvalue weighted by Gasteiger charge is -2.34. The smallest absolute Gasteiger partial charge is 0.0366 e. The van der Waals surface area contributed by atoms with Crippen LogP contribution in [-0.2, 0) is 0 Å². The van der Waals surface area contributed by atoms with Gasteiger partial charge in [-0.3, -0.25) is 0 Å². The van der Waals surface area contributed by atoms with Gasteiger partial charge in [0.1, 0.15) is 0 Å². The van der Waals surface area contributed by atoms with Gasteiger partial charge in [0.05, 0.1) is 0 Å². The third-order valence-corrected chi connectivity index (χ3v) is 5.70. The molecule has 0 aliphatic carbocycles. The highest BCUT2D eigenvalue weighted by Crippen LogP contribution is 2.28. The maximum Gasteiger partial charge on any atom is 0.0366 e. The van der Waals surface area contributed by atoms with Gasteiger partial charge in [-0.2, -0.15) is 0 Å². The van der Waals surface area contributed by atoms with E-state index in [1.807, 2.05) is 13.8 Å². The zero-order valence-electron chi connectivity index (χ0n) is 16.2. The predicted octanol–water partition coefficient (Wildman–Crippen LogP) is 5.41. The van der Waals surface area contributed by atoms with Crippen molar-refractivity contribution in [1.82, 2.24) is 5.32 Å². The Bertz CT molecular complexity index is 426. The van der Waals surface area contributed by atoms with Crippen LogP contribution in [0.3, 0.4) is 0 Å². The molecular formula is C22H38N2. The van der Waals surface area contributed by atoms with E-state index in [4.69, 9.17) is 0 Å². The Labute approximate surface area is 150 Å². The summed E-state index contributed by atoms with van der Waals surface area (Å²) in [6, 6.07) is 9.04. The van der Waals surface area contributed by atoms with Crippen LogP contribution < -0.4 is 10.2 Å². The fraction of sp³-hybridized carbons (Fsp3) is 0.727. The van der Waals surface area contributed by atoms with Crippen molar-refractivity contribution in [2.75, 3.05) is 31.1 Å². The maximum absolute atomic E-state index is 3.47. The first-order valence-corrected chi connectivity index (χ1v) is 10.3. The SMILES string of the molecule is CC.Cc1ccc(N2CCC(CCCC3CCNCC3)CC2)cc1. The van der Waals surface area contributed by atoms with E-state index in [0.29, 0.717) is 0 Å². The molecule has 0 aromatic heterocycles. The van der Waals surface area contributed by atoms with Crippen LogP contribution in [0.2, 0.25) is 0 Å². The number of piperidine rings is 2. The molecule has 2 nitrogen and oxygen atoms in total. The molecule has 136 valence electrons. The number of benzene rings is 1. The zero-order chi connectivity index (χ0) is 17.2. The van der Waals surface area contributed by atoms with E-state index >= 15 is 0 Å². The summed E-state index contributed by atoms with van der Waals surface area (Å²) in [5.74, 6) is 1.98. The van der Waals surface area contributed by atoms with Gasteiger partial charge in [-0.15, -0.1) is 0 Å². The van der Waals surface area contributed by atoms with Gasteiger partial charge in [0.25, 0.3) is 0 Å². The zero-order valence-corrected chi connectivity index (χ0v) is 16.2. The number of rotatable bonds is 5. The summed E-state index contributed by atoms with van der Waals surface area (Å²) in [5.41, 5.74) is 2.77. The third-order valence-electron chi connectivity index (χ3n) is 5.70. The molecule has 0 radical (unpaired) electrons. The molecule has 0 amide bonds. The van der Waals surface area contributed by atoms with Crippen LogP contribution in [0.15, 0.2) is 24.3 Å². The summed E-state index contributed by atoms with van der Waals surface area (Å²) in [6.07, 6.45) is 9.99. The number of hydrogen-bond acceptors (Lipinski definition) is 2. The molecule has 0 atom stereocenters. The minimum absolute atomic E-state index is 0.975. The van der Waals surface area contributed by atoms with Crippen molar-refractivity contribution in [3.63, 3.8) is 0 Å². The van der Waals surface area contributed by atoms with Gasteiger partial charge in [0.2, 0.25) is 0 Å². The number of hydrogen-bond donors (Lipinski definition) is 1. The fourth-order valence-electron chi connectivity index (χ4n) is 4.10. The molecular weight excluding hydrogens is 292 g/mol. The van der Waals surface area contributed by atoms with Crippen LogP contribution in [0.1, 0.15) is 64.4 Å². The van der Waals surface area contributed by atoms with Gasteiger partial charge < -0.3 is 10.2 Å². The van der Waals surface area contributed by atoms with E-state index in [1.165, 1.54) is 82.4 Å². The number of aryl methyl sites for hydroxylation is 1. The number of nitrogens with one attached hydrogen (secondary N) is 1. The second kappa shape index (κ2) is 10.8. The number of anilines is 1. The lowest BCUT2D eigenvalue weighted by atomic mass is 9.87. The van der Waals surface area contributed by atoms with Crippen LogP contribution in [0.5, 0.6) is 0 Å². The van der Waals surface area contributed by atoms with Gasteiger partial charge in [0, 0.05) is 18.8 Å². The molecule has 0 bridgehead atoms. The second-order valence-corrected chi connectivity index (χ2v) is 7.39. The maximum atomic E-state index is 3.47. The van der Waals surface area contributed by atoms with Gasteiger partial charge in [-0.1, -0.05) is 50.8 Å². The highest BCUT2D eigenvalue weighted by molar-refractivity contribution is 5.47. The topological polar surface area (TPSA) is 15.3 Å². The normalized spacial score (nSPS) is 19.7. The van der Waals surface area contributed by atoms with Crippen LogP contribution in [-0.4, -0.2) is 26.2 Å². The van der Waals surface area contributed by atoms with Crippen LogP contribution in [0, 0.1) is 18.8 Å². The van der Waals surface area contributed by atoms with E-state index in [9.17, 15) is 0 Å². The van der Waals surface area contributed by atoms with Crippen molar-refractivity contribution in [3.05, 3.63) is 29.8 Å². The highest BCUT2D eigenvalue weighted by atomic mass is 15.1. The Balaban J connectivity index is 0.00000100. The molecule has 24 heavy (non-hydrogen) atoms. The van der Waals surface area contributed by atoms with Crippen molar-refractivity contribution in [1.29, 1.82) is 0 Å². The fourth-order valence-corrected chi connectivity index (χ4v) is 4.10. The average molecular weight is 331 g/mol. The van der Waals surface area contributed by atoms with E-state index in [1.54, 1.807) is 0 Å². The summed E-state index contributed by atoms with van der Waals surface area (Å²) >= 11 is 0. The Kier molecular flexibility index (Phi) is 8.66. The quantitative estimate of drug-likeness (QED) is 0.777. The lowest BCUT2D eigenvalue weighted by molar-refractivity contribution is 0.313. The standard InChI is InChI=1S/C20H32N2.C2H6/c1-17-5-7-20(8-6-17)22-15-11-19(12-16-22)4-2-3-18-9-13-21-14-10-18;1-2/h5-8,18-19,21H,2-4,9-16H2,1H3;1-2H3. The molecule has 1 aromatic rings. The van der Waals surface area contributed by atoms with Crippen molar-refractivity contribution in [2.45, 2.75) is 65.7 Å². The summed E-state index contributed by atoms with van der Waals surface area (Å²) in [5, 5.41) is 3.47. The molecule has 2 fully saturated rings. The van der Waals surface area contributed by atoms with Crippen molar-refractivity contribution in [3.8, 4) is 0 Å². The molecule has 0 saturated carbocycles. The van der Waals surface area contributed by atoms with E-state index < -0.39 is 0 Å². The molecule has 0 unspecified atom stereocenters. The molecule has 2 aliphatic heterocycles. The third kappa shape index (κ3) is 6.12. The van der Waals surface area contributed by atoms with Gasteiger partial charge in [0.15, 0.2) is 0 Å². The van der Waals surface area contributed by atoms with Gasteiger partial charge >= 0.3 is 0 Å². The molecule has 2 heterocycles. The summed E-state index contributed by atoms with van der Waals surface area (Å²) in [6.45, 7) is 11.2. The van der Waals surface area contributed by atoms with Gasteiger partial charge in [-0.05, 0) is 69.7 Å². The van der Waals surface area contributed by atoms with E-state index in [2.05, 4.69) is 41.4 Å². The first kappa shape index (κ1) is 19.3. The van der Waals surface area contributed by atoms with Crippen molar-refractivity contribution >= 4 is 5.69 Å². The Hall–Kier alpha value is -1.02. The highest BCUT2D eigenvalue weighted by Gasteiger charge is 2.20. The van der Waals surface area contributed by atoms with E-state index in [0.717, 1.165) is 11.8 Å². The summed E-state index contributed by atoms with van der Waals surface area (Å²) in [4.78, 5) is 2.57. The van der Waals surface area contributed by atoms with Gasteiger partial charge in [-0.25, -0.2) is 0 Å². The largest absolute Gasteiger partial charge is 0.372 e. The second-order valence-electron chi connectivity index (χ2n) is 7.39. The van der Waals surface area contributed by atoms with Crippen molar-refractivity contribution in [2.24, 2.45) is 11.8 Å². The van der Waals surface area contributed by atoms with Crippen LogP contribution >= 0.6 is 0 Å². The average Bonchev–Trinajstić information content (AvgIpc) is 2.66. The van der Waals surface area contributed by atoms with E-state index in [-0.39, 0.29) is 0 Å². The predicted molar refractivity (Wildman–Crippen MR) is 107 cm³/mol. The first-order chi connectivity index (χ1) is 11.8. The molecule has 2 aliphatic rings. The minimum atomic E-state index is 0.975. The Morgan fingerprint density at radius 3 is 2.00 bits per heavy atom. The van der Waals surface area contributed by atoms with Crippen LogP contribution in [0.25, 0.3) is 0 Å². The molecule has 3 rings (SSSR count). The molecule has 0 spiro atoms. The Morgan fingerprint density at radius 1 is 0.875 bits per heavy atom.